The second kappa shape index (κ2) is 10.5. The van der Waals surface area contributed by atoms with Gasteiger partial charge in [-0.3, -0.25) is 9.59 Å². The van der Waals surface area contributed by atoms with Gasteiger partial charge in [-0.05, 0) is 35.9 Å². The summed E-state index contributed by atoms with van der Waals surface area (Å²) < 4.78 is 24.8. The minimum atomic E-state index is -1.06. The molecule has 4 rings (SSSR count). The van der Waals surface area contributed by atoms with Crippen LogP contribution in [0.25, 0.3) is 0 Å². The molecule has 2 atom stereocenters. The van der Waals surface area contributed by atoms with Crippen molar-refractivity contribution in [3.8, 4) is 5.75 Å². The van der Waals surface area contributed by atoms with E-state index < -0.39 is 18.0 Å². The summed E-state index contributed by atoms with van der Waals surface area (Å²) in [4.78, 5) is 26.6. The Morgan fingerprint density at radius 2 is 1.85 bits per heavy atom. The summed E-state index contributed by atoms with van der Waals surface area (Å²) in [6.07, 6.45) is -1.06. The summed E-state index contributed by atoms with van der Waals surface area (Å²) in [7, 11) is 1.50. The summed E-state index contributed by atoms with van der Waals surface area (Å²) in [6, 6.07) is 19.1. The lowest BCUT2D eigenvalue weighted by molar-refractivity contribution is -0.155. The first-order valence-electron chi connectivity index (χ1n) is 10.8. The Morgan fingerprint density at radius 3 is 2.59 bits per heavy atom. The molecule has 0 spiro atoms. The van der Waals surface area contributed by atoms with Crippen LogP contribution in [0.1, 0.15) is 27.6 Å². The number of carbonyl (C=O) groups excluding carboxylic acids is 2. The van der Waals surface area contributed by atoms with Gasteiger partial charge in [0, 0.05) is 17.8 Å². The number of rotatable bonds is 7. The number of amides is 2. The Kier molecular flexibility index (Phi) is 7.20. The monoisotopic (exact) mass is 464 g/mol. The number of nitrogens with one attached hydrogen (secondary N) is 1. The largest absolute Gasteiger partial charge is 0.496 e. The first-order valence-corrected chi connectivity index (χ1v) is 10.8. The Balaban J connectivity index is 1.48. The molecule has 0 aromatic heterocycles. The SMILES string of the molecule is COc1ccccc1C(=O)Nc1ccc(C(O)C2COCC(=O)N2Cc2ccccc2F)cc1. The Morgan fingerprint density at radius 1 is 1.15 bits per heavy atom. The number of hydrogen-bond acceptors (Lipinski definition) is 5. The number of para-hydroxylation sites is 1. The minimum absolute atomic E-state index is 0.0314. The van der Waals surface area contributed by atoms with Gasteiger partial charge in [0.05, 0.1) is 25.3 Å². The number of methoxy groups -OCH3 is 1. The highest BCUT2D eigenvalue weighted by Crippen LogP contribution is 2.27. The zero-order valence-corrected chi connectivity index (χ0v) is 18.6. The van der Waals surface area contributed by atoms with Crippen LogP contribution in [0.5, 0.6) is 5.75 Å². The molecule has 1 fully saturated rings. The van der Waals surface area contributed by atoms with E-state index in [1.165, 1.54) is 18.1 Å². The van der Waals surface area contributed by atoms with Crippen molar-refractivity contribution in [2.75, 3.05) is 25.6 Å². The number of aliphatic hydroxyl groups excluding tert-OH is 1. The summed E-state index contributed by atoms with van der Waals surface area (Å²) in [5, 5.41) is 13.8. The topological polar surface area (TPSA) is 88.1 Å². The fourth-order valence-electron chi connectivity index (χ4n) is 3.92. The van der Waals surface area contributed by atoms with E-state index in [4.69, 9.17) is 9.47 Å². The van der Waals surface area contributed by atoms with Gasteiger partial charge in [-0.1, -0.05) is 42.5 Å². The maximum atomic E-state index is 14.2. The van der Waals surface area contributed by atoms with Gasteiger partial charge < -0.3 is 24.8 Å². The molecule has 34 heavy (non-hydrogen) atoms. The molecule has 7 nitrogen and oxygen atoms in total. The molecule has 2 unspecified atom stereocenters. The van der Waals surface area contributed by atoms with E-state index in [9.17, 15) is 19.1 Å². The number of nitrogens with zero attached hydrogens (tertiary/aromatic N) is 1. The van der Waals surface area contributed by atoms with E-state index >= 15 is 0 Å². The number of anilines is 1. The smallest absolute Gasteiger partial charge is 0.259 e. The maximum Gasteiger partial charge on any atom is 0.259 e. The quantitative estimate of drug-likeness (QED) is 0.559. The summed E-state index contributed by atoms with van der Waals surface area (Å²) >= 11 is 0. The van der Waals surface area contributed by atoms with Gasteiger partial charge in [-0.2, -0.15) is 0 Å². The molecular formula is C26H25FN2O5. The Hall–Kier alpha value is -3.75. The van der Waals surface area contributed by atoms with Crippen molar-refractivity contribution < 1.29 is 28.6 Å². The van der Waals surface area contributed by atoms with Crippen molar-refractivity contribution in [3.05, 3.63) is 95.3 Å². The van der Waals surface area contributed by atoms with Crippen molar-refractivity contribution in [2.24, 2.45) is 0 Å². The molecule has 0 aliphatic carbocycles. The zero-order chi connectivity index (χ0) is 24.1. The average Bonchev–Trinajstić information content (AvgIpc) is 2.86. The highest BCUT2D eigenvalue weighted by Gasteiger charge is 2.35. The van der Waals surface area contributed by atoms with E-state index in [2.05, 4.69) is 5.32 Å². The molecule has 3 aromatic rings. The van der Waals surface area contributed by atoms with Crippen molar-refractivity contribution in [1.82, 2.24) is 4.90 Å². The molecule has 0 bridgehead atoms. The number of hydrogen-bond donors (Lipinski definition) is 2. The van der Waals surface area contributed by atoms with Crippen LogP contribution in [0.15, 0.2) is 72.8 Å². The summed E-state index contributed by atoms with van der Waals surface area (Å²) in [5.41, 5.74) is 1.84. The number of morpholine rings is 1. The van der Waals surface area contributed by atoms with Gasteiger partial charge >= 0.3 is 0 Å². The van der Waals surface area contributed by atoms with Crippen molar-refractivity contribution >= 4 is 17.5 Å². The molecule has 1 aliphatic heterocycles. The van der Waals surface area contributed by atoms with Gasteiger partial charge in [0.25, 0.3) is 5.91 Å². The van der Waals surface area contributed by atoms with Gasteiger partial charge in [0.15, 0.2) is 0 Å². The van der Waals surface area contributed by atoms with Gasteiger partial charge in [-0.25, -0.2) is 4.39 Å². The average molecular weight is 464 g/mol. The van der Waals surface area contributed by atoms with Crippen molar-refractivity contribution in [1.29, 1.82) is 0 Å². The predicted octanol–water partition coefficient (Wildman–Crippen LogP) is 3.55. The summed E-state index contributed by atoms with van der Waals surface area (Å²) in [6.45, 7) is 0.0306. The lowest BCUT2D eigenvalue weighted by Crippen LogP contribution is -2.51. The van der Waals surface area contributed by atoms with Crippen LogP contribution in [0.2, 0.25) is 0 Å². The second-order valence-corrected chi connectivity index (χ2v) is 7.92. The highest BCUT2D eigenvalue weighted by molar-refractivity contribution is 6.06. The third kappa shape index (κ3) is 5.08. The lowest BCUT2D eigenvalue weighted by atomic mass is 9.99. The molecule has 0 saturated carbocycles. The molecule has 2 N–H and O–H groups in total. The number of aliphatic hydroxyl groups is 1. The van der Waals surface area contributed by atoms with Gasteiger partial charge in [-0.15, -0.1) is 0 Å². The standard InChI is InChI=1S/C26H25FN2O5/c1-33-23-9-5-3-7-20(23)26(32)28-19-12-10-17(11-13-19)25(31)22-15-34-16-24(30)29(22)14-18-6-2-4-8-21(18)27/h2-13,22,25,31H,14-16H2,1H3,(H,28,32). The third-order valence-electron chi connectivity index (χ3n) is 5.76. The van der Waals surface area contributed by atoms with Crippen LogP contribution in [-0.4, -0.2) is 48.2 Å². The molecule has 3 aromatic carbocycles. The fourth-order valence-corrected chi connectivity index (χ4v) is 3.92. The molecule has 1 aliphatic rings. The molecule has 1 saturated heterocycles. The number of benzene rings is 3. The van der Waals surface area contributed by atoms with E-state index in [0.29, 0.717) is 28.1 Å². The first-order chi connectivity index (χ1) is 16.5. The fraction of sp³-hybridized carbons (Fsp3) is 0.231. The molecule has 1 heterocycles. The first kappa shape index (κ1) is 23.4. The number of carbonyl (C=O) groups is 2. The molecular weight excluding hydrogens is 439 g/mol. The van der Waals surface area contributed by atoms with Crippen molar-refractivity contribution in [2.45, 2.75) is 18.7 Å². The van der Waals surface area contributed by atoms with E-state index in [0.717, 1.165) is 0 Å². The molecule has 176 valence electrons. The summed E-state index contributed by atoms with van der Waals surface area (Å²) in [5.74, 6) is -0.596. The molecule has 8 heteroatoms. The van der Waals surface area contributed by atoms with Crippen LogP contribution in [0.3, 0.4) is 0 Å². The van der Waals surface area contributed by atoms with Crippen LogP contribution in [0, 0.1) is 5.82 Å². The number of halogens is 1. The minimum Gasteiger partial charge on any atom is -0.496 e. The third-order valence-corrected chi connectivity index (χ3v) is 5.76. The van der Waals surface area contributed by atoms with Crippen LogP contribution in [-0.2, 0) is 16.1 Å². The van der Waals surface area contributed by atoms with Crippen LogP contribution >= 0.6 is 0 Å². The van der Waals surface area contributed by atoms with Crippen molar-refractivity contribution in [3.63, 3.8) is 0 Å². The van der Waals surface area contributed by atoms with Gasteiger partial charge in [0.1, 0.15) is 24.3 Å². The molecule has 0 radical (unpaired) electrons. The van der Waals surface area contributed by atoms with E-state index in [1.807, 2.05) is 0 Å². The maximum absolute atomic E-state index is 14.2. The number of ether oxygens (including phenoxy) is 2. The normalized spacial score (nSPS) is 16.7. The van der Waals surface area contributed by atoms with Crippen LogP contribution < -0.4 is 10.1 Å². The Bertz CT molecular complexity index is 1170. The van der Waals surface area contributed by atoms with Crippen LogP contribution in [0.4, 0.5) is 10.1 Å². The lowest BCUT2D eigenvalue weighted by Gasteiger charge is -2.38. The zero-order valence-electron chi connectivity index (χ0n) is 18.6. The van der Waals surface area contributed by atoms with Gasteiger partial charge in [0.2, 0.25) is 5.91 Å². The van der Waals surface area contributed by atoms with E-state index in [1.54, 1.807) is 66.7 Å². The highest BCUT2D eigenvalue weighted by atomic mass is 19.1. The van der Waals surface area contributed by atoms with E-state index in [-0.39, 0.29) is 31.6 Å². The second-order valence-electron chi connectivity index (χ2n) is 7.92. The Labute approximate surface area is 196 Å². The predicted molar refractivity (Wildman–Crippen MR) is 124 cm³/mol. The molecule has 2 amide bonds.